The van der Waals surface area contributed by atoms with Gasteiger partial charge in [-0.3, -0.25) is 0 Å². The number of benzene rings is 2. The largest absolute Gasteiger partial charge is 0.502 e. The smallest absolute Gasteiger partial charge is 0.256 e. The van der Waals surface area contributed by atoms with Crippen LogP contribution in [0.1, 0.15) is 68.5 Å². The van der Waals surface area contributed by atoms with Crippen LogP contribution in [0.2, 0.25) is 0 Å². The Balaban J connectivity index is 2.04. The first-order valence-electron chi connectivity index (χ1n) is 15.7. The number of aromatic nitrogens is 2. The van der Waals surface area contributed by atoms with Gasteiger partial charge in [-0.2, -0.15) is 4.98 Å². The van der Waals surface area contributed by atoms with E-state index in [0.29, 0.717) is 0 Å². The van der Waals surface area contributed by atoms with Crippen LogP contribution in [0.4, 0.5) is 5.69 Å². The third-order valence-corrected chi connectivity index (χ3v) is 3.92. The molecule has 4 rings (SSSR count). The van der Waals surface area contributed by atoms with E-state index in [-0.39, 0.29) is 12.2 Å². The van der Waals surface area contributed by atoms with E-state index in [0.717, 1.165) is 0 Å². The van der Waals surface area contributed by atoms with Crippen molar-refractivity contribution in [1.82, 2.24) is 15.5 Å². The molecular formula is C24H26N4O2. The van der Waals surface area contributed by atoms with Crippen LogP contribution in [0.15, 0.2) is 40.8 Å². The monoisotopic (exact) mass is 415 g/mol. The third kappa shape index (κ3) is 3.94. The molecule has 0 spiro atoms. The zero-order valence-electron chi connectivity index (χ0n) is 29.4. The van der Waals surface area contributed by atoms with Crippen LogP contribution in [-0.4, -0.2) is 22.7 Å². The van der Waals surface area contributed by atoms with E-state index in [9.17, 15) is 0 Å². The van der Waals surface area contributed by atoms with Gasteiger partial charge in [-0.1, -0.05) is 30.2 Å². The fraction of sp³-hybridized carbons (Fsp3) is 0.375. The lowest BCUT2D eigenvalue weighted by Crippen LogP contribution is -2.19. The molecule has 1 aliphatic carbocycles. The van der Waals surface area contributed by atoms with Crippen LogP contribution in [0.3, 0.4) is 0 Å². The Bertz CT molecular complexity index is 1680. The molecular weight excluding hydrogens is 376 g/mol. The van der Waals surface area contributed by atoms with Crippen molar-refractivity contribution in [3.8, 4) is 28.6 Å². The Kier molecular flexibility index (Phi) is 2.82. The van der Waals surface area contributed by atoms with Crippen molar-refractivity contribution in [2.45, 2.75) is 52.1 Å². The second-order valence-electron chi connectivity index (χ2n) is 6.41. The van der Waals surface area contributed by atoms with Crippen molar-refractivity contribution >= 4 is 5.69 Å². The number of hydrogen-bond donors (Lipinski definition) is 1. The van der Waals surface area contributed by atoms with Gasteiger partial charge in [0.2, 0.25) is 11.5 Å². The minimum Gasteiger partial charge on any atom is -0.502 e. The van der Waals surface area contributed by atoms with Crippen molar-refractivity contribution in [2.75, 3.05) is 6.50 Å². The van der Waals surface area contributed by atoms with Gasteiger partial charge in [0, 0.05) is 26.7 Å². The number of nitrogens with zero attached hydrogens (tertiary/aromatic N) is 3. The molecule has 0 unspecified atom stereocenters. The molecule has 0 radical (unpaired) electrons. The van der Waals surface area contributed by atoms with Crippen molar-refractivity contribution in [3.63, 3.8) is 0 Å². The minimum atomic E-state index is -3.25. The van der Waals surface area contributed by atoms with Crippen molar-refractivity contribution in [2.24, 2.45) is 0 Å². The molecule has 0 fully saturated rings. The number of nitrogens with one attached hydrogen (secondary N) is 1. The summed E-state index contributed by atoms with van der Waals surface area (Å²) in [6, 6.07) is -7.18. The zero-order chi connectivity index (χ0) is 32.6. The molecule has 0 aliphatic heterocycles. The highest BCUT2D eigenvalue weighted by atomic mass is 16.5. The van der Waals surface area contributed by atoms with Crippen LogP contribution < -0.4 is 10.1 Å². The summed E-state index contributed by atoms with van der Waals surface area (Å²) in [6.45, 7) is 9.80. The molecule has 1 atom stereocenters. The maximum Gasteiger partial charge on any atom is 0.256 e. The topological polar surface area (TPSA) is 64.5 Å². The number of ether oxygens (including phenoxy) is 1. The van der Waals surface area contributed by atoms with Gasteiger partial charge >= 0.3 is 0 Å². The Morgan fingerprint density at radius 1 is 1.47 bits per heavy atom. The SMILES string of the molecule is [2H]c1c([2H])c(-c2noc(-c3c([2H])c([2H])c(OC(C)C)c([N+]#[C-])c3[2H])n2)c2c(c1[2H])[C@@]([2H])(NC([2H])([2H])CC)C([2H])([2H])C2([2H])[2H]. The van der Waals surface area contributed by atoms with Gasteiger partial charge in [0.05, 0.1) is 20.9 Å². The molecule has 0 saturated heterocycles. The summed E-state index contributed by atoms with van der Waals surface area (Å²) in [5.74, 6) is -1.47. The van der Waals surface area contributed by atoms with Gasteiger partial charge in [0.1, 0.15) is 5.75 Å². The summed E-state index contributed by atoms with van der Waals surface area (Å²) >= 11 is 0. The van der Waals surface area contributed by atoms with E-state index in [1.165, 1.54) is 6.92 Å². The predicted octanol–water partition coefficient (Wildman–Crippen LogP) is 5.73. The van der Waals surface area contributed by atoms with Crippen molar-refractivity contribution in [3.05, 3.63) is 58.8 Å². The summed E-state index contributed by atoms with van der Waals surface area (Å²) in [7, 11) is 0. The average molecular weight is 416 g/mol. The lowest BCUT2D eigenvalue weighted by atomic mass is 10.0. The van der Waals surface area contributed by atoms with Crippen LogP contribution in [0.25, 0.3) is 27.7 Å². The quantitative estimate of drug-likeness (QED) is 0.499. The molecule has 2 aromatic carbocycles. The molecule has 1 aromatic heterocycles. The van der Waals surface area contributed by atoms with Crippen LogP contribution in [0, 0.1) is 6.57 Å². The van der Waals surface area contributed by atoms with Gasteiger partial charge in [-0.15, -0.1) is 0 Å². The highest BCUT2D eigenvalue weighted by molar-refractivity contribution is 5.70. The van der Waals surface area contributed by atoms with E-state index >= 15 is 0 Å². The number of hydrogen-bond acceptors (Lipinski definition) is 5. The van der Waals surface area contributed by atoms with E-state index in [2.05, 4.69) is 20.3 Å². The summed E-state index contributed by atoms with van der Waals surface area (Å²) in [5.41, 5.74) is -2.90. The molecule has 3 aromatic rings. The normalized spacial score (nSPS) is 27.8. The Hall–Kier alpha value is -3.17. The van der Waals surface area contributed by atoms with Crippen molar-refractivity contribution in [1.29, 1.82) is 0 Å². The van der Waals surface area contributed by atoms with Gasteiger partial charge < -0.3 is 14.6 Å². The zero-order valence-corrected chi connectivity index (χ0v) is 16.4. The average Bonchev–Trinajstić information content (AvgIpc) is 3.42. The predicted molar refractivity (Wildman–Crippen MR) is 117 cm³/mol. The van der Waals surface area contributed by atoms with Crippen LogP contribution >= 0.6 is 0 Å². The van der Waals surface area contributed by atoms with E-state index in [1.54, 1.807) is 13.8 Å². The van der Waals surface area contributed by atoms with Gasteiger partial charge in [0.25, 0.3) is 5.89 Å². The summed E-state index contributed by atoms with van der Waals surface area (Å²) in [6.07, 6.45) is -7.14. The highest BCUT2D eigenvalue weighted by Crippen LogP contribution is 2.38. The molecule has 0 bridgehead atoms. The second kappa shape index (κ2) is 8.68. The highest BCUT2D eigenvalue weighted by Gasteiger charge is 2.26. The molecule has 154 valence electrons. The molecule has 30 heavy (non-hydrogen) atoms. The molecule has 0 amide bonds. The molecule has 0 saturated carbocycles. The van der Waals surface area contributed by atoms with E-state index in [1.807, 2.05) is 0 Å². The van der Waals surface area contributed by atoms with Gasteiger partial charge in [-0.05, 0) is 68.8 Å². The van der Waals surface area contributed by atoms with Crippen LogP contribution in [-0.2, 0) is 6.37 Å². The lowest BCUT2D eigenvalue weighted by molar-refractivity contribution is 0.244. The maximum atomic E-state index is 8.97. The van der Waals surface area contributed by atoms with Gasteiger partial charge in [-0.25, -0.2) is 4.85 Å². The van der Waals surface area contributed by atoms with E-state index in [4.69, 9.17) is 33.7 Å². The van der Waals surface area contributed by atoms with E-state index < -0.39 is 107 Å². The Morgan fingerprint density at radius 2 is 2.33 bits per heavy atom. The fourth-order valence-corrected chi connectivity index (χ4v) is 2.66. The molecule has 6 nitrogen and oxygen atoms in total. The fourth-order valence-electron chi connectivity index (χ4n) is 2.66. The first-order chi connectivity index (χ1) is 19.7. The van der Waals surface area contributed by atoms with Gasteiger partial charge in [0.15, 0.2) is 0 Å². The Morgan fingerprint density at radius 3 is 3.10 bits per heavy atom. The summed E-state index contributed by atoms with van der Waals surface area (Å²) in [5, 5.41) is 5.91. The Labute approximate surface area is 195 Å². The first kappa shape index (κ1) is 9.76. The molecule has 1 N–H and O–H groups in total. The van der Waals surface area contributed by atoms with Crippen LogP contribution in [0.5, 0.6) is 5.75 Å². The lowest BCUT2D eigenvalue weighted by Gasteiger charge is -2.13. The first-order valence-corrected chi connectivity index (χ1v) is 9.16. The maximum absolute atomic E-state index is 8.97. The standard InChI is InChI=1S/C24H26N4O2/c1-5-13-26-20-11-10-17-18(20)7-6-8-19(17)23-27-24(30-28-23)16-9-12-22(29-15(2)3)21(14-16)25-4/h6-9,12,14-15,20,26H,5,10-11,13H2,1-3H3/t20-/m0/s1/i6D,7D,8D,9D,10D2,11D2,12D,13D2,14D,20D. The molecule has 1 aliphatic rings. The molecule has 6 heteroatoms. The number of rotatable bonds is 7. The number of fused-ring (bicyclic) bond motifs is 1. The third-order valence-electron chi connectivity index (χ3n) is 3.92. The summed E-state index contributed by atoms with van der Waals surface area (Å²) in [4.78, 5) is 7.35. The van der Waals surface area contributed by atoms with Crippen molar-refractivity contribution < 1.29 is 27.1 Å². The second-order valence-corrected chi connectivity index (χ2v) is 6.41. The minimum absolute atomic E-state index is 0.253. The summed E-state index contributed by atoms with van der Waals surface area (Å²) < 4.78 is 121. The molecule has 1 heterocycles.